The van der Waals surface area contributed by atoms with Gasteiger partial charge in [-0.15, -0.1) is 0 Å². The van der Waals surface area contributed by atoms with Crippen LogP contribution in [0.4, 0.5) is 0 Å². The summed E-state index contributed by atoms with van der Waals surface area (Å²) < 4.78 is 111. The monoisotopic (exact) mass is 1350 g/mol. The topological polar surface area (TPSA) is 135 Å². The summed E-state index contributed by atoms with van der Waals surface area (Å²) in [7, 11) is 0. The summed E-state index contributed by atoms with van der Waals surface area (Å²) in [6.45, 7) is 0. The normalized spacial score (nSPS) is 13.3. The predicted octanol–water partition coefficient (Wildman–Crippen LogP) is 24.4. The molecule has 1 aliphatic rings. The zero-order valence-corrected chi connectivity index (χ0v) is 54.9. The molecule has 0 spiro atoms. The molecule has 1 aliphatic carbocycles. The number of rotatable bonds is 7. The Morgan fingerprint density at radius 2 is 0.650 bits per heavy atom. The predicted molar refractivity (Wildman–Crippen MR) is 415 cm³/mol. The fourth-order valence-electron chi connectivity index (χ4n) is 14.3. The summed E-state index contributed by atoms with van der Waals surface area (Å²) in [5.41, 5.74) is 16.4. The van der Waals surface area contributed by atoms with Crippen molar-refractivity contribution in [2.45, 2.75) is 6.42 Å². The molecule has 0 aliphatic heterocycles. The maximum Gasteiger partial charge on any atom is 0.164 e. The number of para-hydroxylation sites is 4. The van der Waals surface area contributed by atoms with Crippen LogP contribution in [0, 0.1) is 0 Å². The van der Waals surface area contributed by atoms with Gasteiger partial charge in [0.2, 0.25) is 0 Å². The molecule has 103 heavy (non-hydrogen) atoms. The van der Waals surface area contributed by atoms with Gasteiger partial charge >= 0.3 is 0 Å². The lowest BCUT2D eigenvalue weighted by atomic mass is 10.1. The summed E-state index contributed by atoms with van der Waals surface area (Å²) in [5.74, 6) is 0.896. The zero-order valence-electron chi connectivity index (χ0n) is 64.1. The van der Waals surface area contributed by atoms with Crippen LogP contribution in [0.5, 0.6) is 0 Å². The molecule has 11 nitrogen and oxygen atoms in total. The van der Waals surface area contributed by atoms with Crippen molar-refractivity contribution in [3.63, 3.8) is 0 Å². The average molecular weight is 1350 g/mol. The van der Waals surface area contributed by atoms with Crippen molar-refractivity contribution >= 4 is 121 Å². The van der Waals surface area contributed by atoms with Gasteiger partial charge in [0.25, 0.3) is 0 Å². The second-order valence-corrected chi connectivity index (χ2v) is 25.4. The molecule has 0 unspecified atom stereocenters. The summed E-state index contributed by atoms with van der Waals surface area (Å²) >= 11 is 6.19. The van der Waals surface area contributed by atoms with Crippen molar-refractivity contribution in [2.75, 3.05) is 0 Å². The highest BCUT2D eigenvalue weighted by atomic mass is 35.5. The van der Waals surface area contributed by atoms with E-state index in [4.69, 9.17) is 67.9 Å². The number of hydrogen-bond acceptors (Lipinski definition) is 10. The first-order valence-electron chi connectivity index (χ1n) is 38.3. The molecule has 484 valence electrons. The third-order valence-corrected chi connectivity index (χ3v) is 19.2. The van der Waals surface area contributed by atoms with Crippen molar-refractivity contribution in [3.8, 4) is 85.1 Å². The van der Waals surface area contributed by atoms with E-state index in [0.717, 1.165) is 66.2 Å². The van der Waals surface area contributed by atoms with E-state index in [1.807, 2.05) is 140 Å². The van der Waals surface area contributed by atoms with Crippen LogP contribution in [-0.4, -0.2) is 34.5 Å². The largest absolute Gasteiger partial charge is 0.456 e. The quantitative estimate of drug-likeness (QED) is 0.152. The highest BCUT2D eigenvalue weighted by Gasteiger charge is 2.23. The van der Waals surface area contributed by atoms with E-state index in [9.17, 15) is 0 Å². The zero-order chi connectivity index (χ0) is 76.8. The number of aromatic nitrogens is 7. The van der Waals surface area contributed by atoms with E-state index in [1.165, 1.54) is 33.0 Å². The van der Waals surface area contributed by atoms with Crippen molar-refractivity contribution in [3.05, 3.63) is 331 Å². The molecule has 0 radical (unpaired) electrons. The van der Waals surface area contributed by atoms with Crippen LogP contribution in [0.15, 0.2) is 333 Å². The van der Waals surface area contributed by atoms with Crippen LogP contribution < -0.4 is 0 Å². The molecule has 0 amide bonds. The van der Waals surface area contributed by atoms with E-state index < -0.39 is 60.4 Å². The Labute approximate surface area is 606 Å². The molecule has 22 rings (SSSR count). The summed E-state index contributed by atoms with van der Waals surface area (Å²) in [4.78, 5) is 28.7. The molecule has 0 saturated carbocycles. The molecule has 14 aromatic carbocycles. The SMILES string of the molecule is [2H]c1c([2H])c([2H])c(-c2nc(-c3ccc4c(c3)oc3cc(-n5c6ccccc6c6ccccc65)ccc34)nc(-c3cccc4oc5ccccc5c34)n2)c([2H])c1[2H].[2H]c1c([2H])c([2H])c(-c2nc(-c3ccc4c(c3)oc3cc(Cl)ccc34)nc(-c3cccc4oc5ccccc5c34)n2)c([2H])c1[2H].c1ccc2c(c1)Cc1ccccc1-2. The van der Waals surface area contributed by atoms with E-state index in [-0.39, 0.29) is 46.1 Å². The van der Waals surface area contributed by atoms with Crippen molar-refractivity contribution in [1.29, 1.82) is 0 Å². The van der Waals surface area contributed by atoms with Gasteiger partial charge in [-0.25, -0.2) is 29.9 Å². The number of nitrogens with zero attached hydrogens (tertiary/aromatic N) is 7. The Morgan fingerprint density at radius 3 is 1.16 bits per heavy atom. The maximum absolute atomic E-state index is 8.76. The molecular formula is C91H54ClN7O4. The van der Waals surface area contributed by atoms with Gasteiger partial charge < -0.3 is 22.2 Å². The highest BCUT2D eigenvalue weighted by molar-refractivity contribution is 6.31. The number of halogens is 1. The fourth-order valence-corrected chi connectivity index (χ4v) is 14.5. The lowest BCUT2D eigenvalue weighted by Crippen LogP contribution is -2.00. The molecule has 21 aromatic rings. The molecule has 0 saturated heterocycles. The smallest absolute Gasteiger partial charge is 0.164 e. The second kappa shape index (κ2) is 24.4. The summed E-state index contributed by atoms with van der Waals surface area (Å²) in [6.07, 6.45) is 1.10. The van der Waals surface area contributed by atoms with Gasteiger partial charge in [0.05, 0.1) is 24.7 Å². The fraction of sp³-hybridized carbons (Fsp3) is 0.0110. The van der Waals surface area contributed by atoms with Crippen LogP contribution in [-0.2, 0) is 6.42 Å². The molecule has 0 bridgehead atoms. The van der Waals surface area contributed by atoms with Gasteiger partial charge in [-0.1, -0.05) is 230 Å². The summed E-state index contributed by atoms with van der Waals surface area (Å²) in [5, 5.41) is 9.88. The van der Waals surface area contributed by atoms with Crippen molar-refractivity contribution < 1.29 is 31.4 Å². The van der Waals surface area contributed by atoms with Crippen LogP contribution in [0.1, 0.15) is 24.8 Å². The average Bonchev–Trinajstić information content (AvgIpc) is 1.71. The number of benzene rings is 14. The minimum Gasteiger partial charge on any atom is -0.456 e. The van der Waals surface area contributed by atoms with E-state index in [2.05, 4.69) is 113 Å². The van der Waals surface area contributed by atoms with Gasteiger partial charge in [0.15, 0.2) is 34.9 Å². The first kappa shape index (κ1) is 49.8. The Balaban J connectivity index is 0.000000129. The van der Waals surface area contributed by atoms with Crippen LogP contribution >= 0.6 is 11.6 Å². The van der Waals surface area contributed by atoms with E-state index >= 15 is 0 Å². The van der Waals surface area contributed by atoms with Gasteiger partial charge in [-0.05, 0) is 114 Å². The third-order valence-electron chi connectivity index (χ3n) is 19.0. The van der Waals surface area contributed by atoms with Crippen LogP contribution in [0.3, 0.4) is 0 Å². The minimum atomic E-state index is -0.497. The van der Waals surface area contributed by atoms with Gasteiger partial charge in [0, 0.05) is 110 Å². The lowest BCUT2D eigenvalue weighted by molar-refractivity contribution is 0.668. The standard InChI is InChI=1S/C45H26N4O2.C33H18ClN3O2.C13H10/c1-2-11-27(12-3-1)43-46-44(48-45(47-43)35-16-10-20-39-42(35)34-15-6-9-19-38(34)50-39)28-21-23-32-33-24-22-29(26-41(33)51-40(32)25-28)49-36-17-7-4-13-30(36)31-14-5-8-18-37(31)49;34-21-14-16-23-22-15-13-20(17-28(22)39-29(23)18-21)32-35-31(19-7-2-1-3-8-19)36-33(37-32)25-10-6-12-27-30(25)24-9-4-5-11-26(24)38-27;1-3-7-12-10(5-1)9-11-6-2-4-8-13(11)12/h1-26H;1-18H;1-8H,9H2/i1D,2D,3D,11D,12D;1D,2D,3D,7D,8D;. The van der Waals surface area contributed by atoms with Gasteiger partial charge in [-0.2, -0.15) is 0 Å². The molecule has 0 fully saturated rings. The molecule has 7 heterocycles. The Hall–Kier alpha value is -13.6. The Morgan fingerprint density at radius 1 is 0.282 bits per heavy atom. The highest BCUT2D eigenvalue weighted by Crippen LogP contribution is 2.43. The first-order valence-corrected chi connectivity index (χ1v) is 33.7. The summed E-state index contributed by atoms with van der Waals surface area (Å²) in [6, 6.07) is 79.0. The van der Waals surface area contributed by atoms with Crippen LogP contribution in [0.25, 0.3) is 195 Å². The first-order chi connectivity index (χ1) is 55.1. The van der Waals surface area contributed by atoms with Gasteiger partial charge in [0.1, 0.15) is 44.7 Å². The third kappa shape index (κ3) is 10.4. The maximum atomic E-state index is 8.76. The van der Waals surface area contributed by atoms with Crippen molar-refractivity contribution in [1.82, 2.24) is 34.5 Å². The number of fused-ring (bicyclic) bond motifs is 18. The number of hydrogen-bond donors (Lipinski definition) is 0. The second-order valence-electron chi connectivity index (χ2n) is 25.0. The Bertz CT molecular complexity index is 7470. The van der Waals surface area contributed by atoms with E-state index in [0.29, 0.717) is 71.9 Å². The Kier molecular flexibility index (Phi) is 11.8. The lowest BCUT2D eigenvalue weighted by Gasteiger charge is -2.09. The molecule has 0 N–H and O–H groups in total. The van der Waals surface area contributed by atoms with Crippen LogP contribution in [0.2, 0.25) is 5.02 Å². The number of furan rings is 4. The van der Waals surface area contributed by atoms with E-state index in [1.54, 1.807) is 12.1 Å². The molecule has 12 heteroatoms. The van der Waals surface area contributed by atoms with Crippen molar-refractivity contribution in [2.24, 2.45) is 0 Å². The molecular weight excluding hydrogens is 1290 g/mol. The molecule has 0 atom stereocenters. The van der Waals surface area contributed by atoms with Gasteiger partial charge in [-0.3, -0.25) is 0 Å². The minimum absolute atomic E-state index is 0.0488. The molecule has 7 aromatic heterocycles.